The van der Waals surface area contributed by atoms with Gasteiger partial charge in [-0.25, -0.2) is 0 Å². The lowest BCUT2D eigenvalue weighted by Gasteiger charge is -2.15. The number of hydrogen-bond acceptors (Lipinski definition) is 4. The van der Waals surface area contributed by atoms with Gasteiger partial charge in [-0.2, -0.15) is 0 Å². The molecule has 1 aromatic heterocycles. The molecule has 1 aliphatic heterocycles. The van der Waals surface area contributed by atoms with Gasteiger partial charge < -0.3 is 15.5 Å². The largest absolute Gasteiger partial charge is 0.348 e. The summed E-state index contributed by atoms with van der Waals surface area (Å²) in [6, 6.07) is 3.79. The molecule has 1 fully saturated rings. The summed E-state index contributed by atoms with van der Waals surface area (Å²) in [6.07, 6.45) is 2.20. The van der Waals surface area contributed by atoms with Crippen LogP contribution < -0.4 is 10.6 Å². The van der Waals surface area contributed by atoms with Crippen LogP contribution in [0.25, 0.3) is 0 Å². The lowest BCUT2D eigenvalue weighted by Crippen LogP contribution is -2.40. The monoisotopic (exact) mass is 309 g/mol. The lowest BCUT2D eigenvalue weighted by molar-refractivity contribution is -0.139. The number of amides is 3. The van der Waals surface area contributed by atoms with Crippen molar-refractivity contribution in [2.75, 3.05) is 19.6 Å². The Hall–Kier alpha value is -1.89. The summed E-state index contributed by atoms with van der Waals surface area (Å²) < 4.78 is 0. The maximum atomic E-state index is 11.6. The van der Waals surface area contributed by atoms with Crippen molar-refractivity contribution in [2.24, 2.45) is 0 Å². The second kappa shape index (κ2) is 7.78. The van der Waals surface area contributed by atoms with Gasteiger partial charge in [0.1, 0.15) is 0 Å². The minimum Gasteiger partial charge on any atom is -0.348 e. The topological polar surface area (TPSA) is 78.5 Å². The molecule has 2 heterocycles. The SMILES string of the molecule is O=C(NCCCN1CCCC1=O)C(=O)NCc1cccs1. The molecule has 0 bridgehead atoms. The average Bonchev–Trinajstić information content (AvgIpc) is 3.12. The maximum Gasteiger partial charge on any atom is 0.309 e. The van der Waals surface area contributed by atoms with E-state index in [0.717, 1.165) is 17.8 Å². The van der Waals surface area contributed by atoms with Crippen molar-refractivity contribution < 1.29 is 14.4 Å². The molecule has 2 rings (SSSR count). The van der Waals surface area contributed by atoms with Crippen molar-refractivity contribution >= 4 is 29.1 Å². The molecular weight excluding hydrogens is 290 g/mol. The molecule has 0 aromatic carbocycles. The van der Waals surface area contributed by atoms with Gasteiger partial charge in [0.15, 0.2) is 0 Å². The fourth-order valence-electron chi connectivity index (χ4n) is 2.15. The smallest absolute Gasteiger partial charge is 0.309 e. The first-order chi connectivity index (χ1) is 10.2. The Labute approximate surface area is 127 Å². The number of carbonyl (C=O) groups excluding carboxylic acids is 3. The highest BCUT2D eigenvalue weighted by atomic mass is 32.1. The van der Waals surface area contributed by atoms with Crippen LogP contribution in [-0.2, 0) is 20.9 Å². The van der Waals surface area contributed by atoms with Gasteiger partial charge in [0.2, 0.25) is 5.91 Å². The third-order valence-corrected chi connectivity index (χ3v) is 4.15. The Bertz CT molecular complexity index is 502. The predicted octanol–water partition coefficient (Wildman–Crippen LogP) is 0.493. The van der Waals surface area contributed by atoms with Crippen molar-refractivity contribution in [1.29, 1.82) is 0 Å². The molecule has 2 N–H and O–H groups in total. The molecule has 6 nitrogen and oxygen atoms in total. The van der Waals surface area contributed by atoms with Gasteiger partial charge in [-0.15, -0.1) is 11.3 Å². The van der Waals surface area contributed by atoms with Crippen LogP contribution in [-0.4, -0.2) is 42.3 Å². The number of thiophene rings is 1. The van der Waals surface area contributed by atoms with Crippen LogP contribution in [0.15, 0.2) is 17.5 Å². The summed E-state index contributed by atoms with van der Waals surface area (Å²) >= 11 is 1.53. The van der Waals surface area contributed by atoms with E-state index < -0.39 is 11.8 Å². The summed E-state index contributed by atoms with van der Waals surface area (Å²) in [4.78, 5) is 37.3. The van der Waals surface area contributed by atoms with E-state index in [1.165, 1.54) is 11.3 Å². The van der Waals surface area contributed by atoms with Gasteiger partial charge in [0.05, 0.1) is 6.54 Å². The zero-order chi connectivity index (χ0) is 15.1. The highest BCUT2D eigenvalue weighted by molar-refractivity contribution is 7.09. The van der Waals surface area contributed by atoms with E-state index in [1.807, 2.05) is 17.5 Å². The van der Waals surface area contributed by atoms with Gasteiger partial charge in [-0.3, -0.25) is 14.4 Å². The van der Waals surface area contributed by atoms with E-state index in [4.69, 9.17) is 0 Å². The zero-order valence-corrected chi connectivity index (χ0v) is 12.6. The van der Waals surface area contributed by atoms with Gasteiger partial charge in [-0.05, 0) is 24.3 Å². The van der Waals surface area contributed by atoms with E-state index in [-0.39, 0.29) is 5.91 Å². The first-order valence-corrected chi connectivity index (χ1v) is 7.91. The Morgan fingerprint density at radius 3 is 2.76 bits per heavy atom. The second-order valence-corrected chi connectivity index (χ2v) is 5.89. The van der Waals surface area contributed by atoms with Crippen LogP contribution in [0.5, 0.6) is 0 Å². The third kappa shape index (κ3) is 4.86. The summed E-state index contributed by atoms with van der Waals surface area (Å²) in [5.74, 6) is -1.07. The Morgan fingerprint density at radius 2 is 2.10 bits per heavy atom. The van der Waals surface area contributed by atoms with Crippen LogP contribution in [0.4, 0.5) is 0 Å². The number of rotatable bonds is 6. The Balaban J connectivity index is 1.58. The van der Waals surface area contributed by atoms with Crippen LogP contribution in [0.2, 0.25) is 0 Å². The predicted molar refractivity (Wildman–Crippen MR) is 79.6 cm³/mol. The summed E-state index contributed by atoms with van der Waals surface area (Å²) in [7, 11) is 0. The van der Waals surface area contributed by atoms with E-state index in [0.29, 0.717) is 32.5 Å². The molecule has 1 saturated heterocycles. The van der Waals surface area contributed by atoms with Crippen molar-refractivity contribution in [1.82, 2.24) is 15.5 Å². The molecule has 0 aliphatic carbocycles. The van der Waals surface area contributed by atoms with E-state index in [2.05, 4.69) is 10.6 Å². The zero-order valence-electron chi connectivity index (χ0n) is 11.8. The molecule has 0 radical (unpaired) electrons. The molecule has 21 heavy (non-hydrogen) atoms. The molecule has 0 atom stereocenters. The molecule has 114 valence electrons. The van der Waals surface area contributed by atoms with Crippen molar-refractivity contribution in [2.45, 2.75) is 25.8 Å². The van der Waals surface area contributed by atoms with E-state index >= 15 is 0 Å². The van der Waals surface area contributed by atoms with Gasteiger partial charge in [0, 0.05) is 30.9 Å². The number of likely N-dealkylation sites (tertiary alicyclic amines) is 1. The molecular formula is C14H19N3O3S. The number of nitrogens with zero attached hydrogens (tertiary/aromatic N) is 1. The second-order valence-electron chi connectivity index (χ2n) is 4.86. The van der Waals surface area contributed by atoms with E-state index in [9.17, 15) is 14.4 Å². The van der Waals surface area contributed by atoms with E-state index in [1.54, 1.807) is 4.90 Å². The quantitative estimate of drug-likeness (QED) is 0.593. The number of carbonyl (C=O) groups is 3. The minimum atomic E-state index is -0.626. The molecule has 1 aliphatic rings. The molecule has 0 saturated carbocycles. The summed E-state index contributed by atoms with van der Waals surface area (Å²) in [6.45, 7) is 2.20. The minimum absolute atomic E-state index is 0.176. The van der Waals surface area contributed by atoms with Crippen molar-refractivity contribution in [3.63, 3.8) is 0 Å². The fourth-order valence-corrected chi connectivity index (χ4v) is 2.80. The van der Waals surface area contributed by atoms with Crippen LogP contribution in [0.3, 0.4) is 0 Å². The van der Waals surface area contributed by atoms with Crippen LogP contribution in [0, 0.1) is 0 Å². The molecule has 7 heteroatoms. The Kier molecular flexibility index (Phi) is 5.74. The molecule has 0 spiro atoms. The first kappa shape index (κ1) is 15.5. The maximum absolute atomic E-state index is 11.6. The van der Waals surface area contributed by atoms with Crippen molar-refractivity contribution in [3.05, 3.63) is 22.4 Å². The number of nitrogens with one attached hydrogen (secondary N) is 2. The summed E-state index contributed by atoms with van der Waals surface area (Å²) in [5.41, 5.74) is 0. The van der Waals surface area contributed by atoms with Gasteiger partial charge in [0.25, 0.3) is 0 Å². The standard InChI is InChI=1S/C14H19N3O3S/c18-12-5-1-7-17(12)8-3-6-15-13(19)14(20)16-10-11-4-2-9-21-11/h2,4,9H,1,3,5-8,10H2,(H,15,19)(H,16,20). The summed E-state index contributed by atoms with van der Waals surface area (Å²) in [5, 5.41) is 7.05. The molecule has 0 unspecified atom stereocenters. The Morgan fingerprint density at radius 1 is 1.29 bits per heavy atom. The first-order valence-electron chi connectivity index (χ1n) is 7.03. The number of hydrogen-bond donors (Lipinski definition) is 2. The third-order valence-electron chi connectivity index (χ3n) is 3.27. The van der Waals surface area contributed by atoms with Crippen LogP contribution in [0.1, 0.15) is 24.1 Å². The van der Waals surface area contributed by atoms with Gasteiger partial charge in [-0.1, -0.05) is 6.07 Å². The normalized spacial score (nSPS) is 14.3. The highest BCUT2D eigenvalue weighted by Crippen LogP contribution is 2.09. The van der Waals surface area contributed by atoms with Gasteiger partial charge >= 0.3 is 11.8 Å². The average molecular weight is 309 g/mol. The lowest BCUT2D eigenvalue weighted by atomic mass is 10.3. The van der Waals surface area contributed by atoms with Crippen LogP contribution >= 0.6 is 11.3 Å². The highest BCUT2D eigenvalue weighted by Gasteiger charge is 2.19. The molecule has 3 amide bonds. The molecule has 1 aromatic rings. The van der Waals surface area contributed by atoms with Crippen molar-refractivity contribution in [3.8, 4) is 0 Å². The fraction of sp³-hybridized carbons (Fsp3) is 0.500.